The summed E-state index contributed by atoms with van der Waals surface area (Å²) in [4.78, 5) is 24.9. The van der Waals surface area contributed by atoms with Crippen molar-refractivity contribution in [3.05, 3.63) is 42.0 Å². The quantitative estimate of drug-likeness (QED) is 0.842. The van der Waals surface area contributed by atoms with Crippen LogP contribution in [0.15, 0.2) is 36.4 Å². The van der Waals surface area contributed by atoms with E-state index in [2.05, 4.69) is 0 Å². The molecule has 1 unspecified atom stereocenters. The van der Waals surface area contributed by atoms with Crippen LogP contribution in [0.5, 0.6) is 0 Å². The number of hydrogen-bond acceptors (Lipinski definition) is 3. The molecule has 5 heteroatoms. The summed E-state index contributed by atoms with van der Waals surface area (Å²) in [6.07, 6.45) is 0. The van der Waals surface area contributed by atoms with Crippen molar-refractivity contribution < 1.29 is 9.59 Å². The van der Waals surface area contributed by atoms with Crippen LogP contribution in [0.3, 0.4) is 0 Å². The maximum atomic E-state index is 12.4. The third kappa shape index (κ3) is 1.67. The smallest absolute Gasteiger partial charge is 0.259 e. The van der Waals surface area contributed by atoms with E-state index in [4.69, 9.17) is 11.5 Å². The molecule has 1 aliphatic heterocycles. The fourth-order valence-electron chi connectivity index (χ4n) is 2.45. The highest BCUT2D eigenvalue weighted by Crippen LogP contribution is 2.36. The highest BCUT2D eigenvalue weighted by molar-refractivity contribution is 6.25. The van der Waals surface area contributed by atoms with Crippen molar-refractivity contribution in [1.29, 1.82) is 0 Å². The van der Waals surface area contributed by atoms with Gasteiger partial charge in [-0.3, -0.25) is 9.59 Å². The summed E-state index contributed by atoms with van der Waals surface area (Å²) >= 11 is 0. The van der Waals surface area contributed by atoms with Gasteiger partial charge in [0.1, 0.15) is 6.04 Å². The summed E-state index contributed by atoms with van der Waals surface area (Å²) in [7, 11) is 0. The van der Waals surface area contributed by atoms with Gasteiger partial charge in [-0.1, -0.05) is 24.3 Å². The van der Waals surface area contributed by atoms with Crippen LogP contribution in [0.2, 0.25) is 0 Å². The minimum Gasteiger partial charge on any atom is -0.368 e. The first-order valence-corrected chi connectivity index (χ1v) is 5.98. The van der Waals surface area contributed by atoms with E-state index in [0.717, 1.165) is 16.5 Å². The third-order valence-electron chi connectivity index (χ3n) is 3.39. The molecule has 0 spiro atoms. The molecule has 1 atom stereocenters. The van der Waals surface area contributed by atoms with Gasteiger partial charge in [-0.2, -0.15) is 0 Å². The number of carbonyl (C=O) groups is 2. The Hall–Kier alpha value is -2.40. The molecule has 96 valence electrons. The van der Waals surface area contributed by atoms with Crippen LogP contribution >= 0.6 is 0 Å². The van der Waals surface area contributed by atoms with Crippen LogP contribution in [0, 0.1) is 0 Å². The average Bonchev–Trinajstić information content (AvgIpc) is 2.67. The van der Waals surface area contributed by atoms with Crippen molar-refractivity contribution in [3.8, 4) is 0 Å². The number of nitrogens with zero attached hydrogens (tertiary/aromatic N) is 1. The maximum absolute atomic E-state index is 12.4. The lowest BCUT2D eigenvalue weighted by Gasteiger charge is -2.20. The number of hydrogen-bond donors (Lipinski definition) is 2. The molecule has 3 rings (SSSR count). The first-order chi connectivity index (χ1) is 9.09. The number of amides is 2. The Bertz CT molecular complexity index is 691. The molecule has 2 aromatic rings. The molecule has 0 radical (unpaired) electrons. The summed E-state index contributed by atoms with van der Waals surface area (Å²) in [5.74, 6) is -0.751. The zero-order valence-corrected chi connectivity index (χ0v) is 10.2. The van der Waals surface area contributed by atoms with E-state index in [1.54, 1.807) is 6.07 Å². The Morgan fingerprint density at radius 1 is 1.21 bits per heavy atom. The molecule has 2 amide bonds. The number of rotatable bonds is 3. The molecule has 5 nitrogen and oxygen atoms in total. The van der Waals surface area contributed by atoms with Crippen molar-refractivity contribution in [3.63, 3.8) is 0 Å². The predicted octanol–water partition coefficient (Wildman–Crippen LogP) is 0.613. The van der Waals surface area contributed by atoms with E-state index in [-0.39, 0.29) is 12.5 Å². The summed E-state index contributed by atoms with van der Waals surface area (Å²) in [5, 5.41) is 1.91. The molecule has 0 aliphatic carbocycles. The topological polar surface area (TPSA) is 89.4 Å². The molecule has 0 bridgehead atoms. The Balaban J connectivity index is 2.10. The van der Waals surface area contributed by atoms with Crippen LogP contribution in [-0.4, -0.2) is 24.4 Å². The molecule has 0 fully saturated rings. The molecule has 1 aliphatic rings. The number of anilines is 1. The van der Waals surface area contributed by atoms with Crippen LogP contribution in [0.25, 0.3) is 10.8 Å². The second-order valence-electron chi connectivity index (χ2n) is 4.61. The van der Waals surface area contributed by atoms with Gasteiger partial charge in [0.15, 0.2) is 0 Å². The zero-order chi connectivity index (χ0) is 13.6. The minimum absolute atomic E-state index is 0.0992. The lowest BCUT2D eigenvalue weighted by molar-refractivity contribution is -0.119. The average molecular weight is 255 g/mol. The summed E-state index contributed by atoms with van der Waals surface area (Å²) in [5.41, 5.74) is 12.2. The van der Waals surface area contributed by atoms with Gasteiger partial charge in [0, 0.05) is 10.9 Å². The van der Waals surface area contributed by atoms with Gasteiger partial charge >= 0.3 is 0 Å². The summed E-state index contributed by atoms with van der Waals surface area (Å²) in [6.45, 7) is 0.0992. The lowest BCUT2D eigenvalue weighted by atomic mass is 10.1. The largest absolute Gasteiger partial charge is 0.368 e. The Labute approximate surface area is 109 Å². The van der Waals surface area contributed by atoms with Crippen LogP contribution in [0.4, 0.5) is 5.69 Å². The second kappa shape index (κ2) is 4.07. The lowest BCUT2D eigenvalue weighted by Crippen LogP contribution is -2.47. The van der Waals surface area contributed by atoms with Gasteiger partial charge in [-0.15, -0.1) is 0 Å². The van der Waals surface area contributed by atoms with Crippen LogP contribution in [0.1, 0.15) is 10.4 Å². The van der Waals surface area contributed by atoms with Gasteiger partial charge in [-0.25, -0.2) is 0 Å². The monoisotopic (exact) mass is 255 g/mol. The highest BCUT2D eigenvalue weighted by Gasteiger charge is 2.31. The molecule has 2 aromatic carbocycles. The molecule has 0 saturated heterocycles. The summed E-state index contributed by atoms with van der Waals surface area (Å²) in [6, 6.07) is 10.4. The van der Waals surface area contributed by atoms with Gasteiger partial charge in [0.25, 0.3) is 5.91 Å². The Morgan fingerprint density at radius 2 is 1.89 bits per heavy atom. The number of primary amides is 1. The van der Waals surface area contributed by atoms with E-state index in [1.807, 2.05) is 30.3 Å². The van der Waals surface area contributed by atoms with Gasteiger partial charge < -0.3 is 16.4 Å². The predicted molar refractivity (Wildman–Crippen MR) is 72.8 cm³/mol. The molecule has 4 N–H and O–H groups in total. The van der Waals surface area contributed by atoms with Crippen molar-refractivity contribution in [2.75, 3.05) is 11.4 Å². The van der Waals surface area contributed by atoms with Crippen molar-refractivity contribution >= 4 is 28.3 Å². The molecule has 0 saturated carbocycles. The molecule has 1 heterocycles. The van der Waals surface area contributed by atoms with E-state index < -0.39 is 11.9 Å². The highest BCUT2D eigenvalue weighted by atomic mass is 16.2. The minimum atomic E-state index is -0.867. The Kier molecular flexibility index (Phi) is 2.50. The molecule has 0 aromatic heterocycles. The van der Waals surface area contributed by atoms with Gasteiger partial charge in [0.2, 0.25) is 5.91 Å². The number of nitrogens with two attached hydrogens (primary N) is 2. The van der Waals surface area contributed by atoms with E-state index in [0.29, 0.717) is 5.56 Å². The summed E-state index contributed by atoms with van der Waals surface area (Å²) < 4.78 is 0. The Morgan fingerprint density at radius 3 is 2.58 bits per heavy atom. The van der Waals surface area contributed by atoms with Gasteiger partial charge in [0.05, 0.1) is 12.2 Å². The van der Waals surface area contributed by atoms with E-state index in [1.165, 1.54) is 4.90 Å². The molecular formula is C14H13N3O2. The third-order valence-corrected chi connectivity index (χ3v) is 3.39. The van der Waals surface area contributed by atoms with Crippen molar-refractivity contribution in [2.45, 2.75) is 6.04 Å². The standard InChI is InChI=1S/C14H13N3O2/c15-10(13(16)18)7-17-11-6-2-4-8-3-1-5-9(12(8)11)14(17)19/h1-6,10H,7,15H2,(H2,16,18). The first kappa shape index (κ1) is 11.7. The SMILES string of the molecule is NC(=O)C(N)CN1C(=O)c2cccc3cccc1c23. The van der Waals surface area contributed by atoms with Crippen LogP contribution < -0.4 is 16.4 Å². The zero-order valence-electron chi connectivity index (χ0n) is 10.2. The van der Waals surface area contributed by atoms with Crippen molar-refractivity contribution in [2.24, 2.45) is 11.5 Å². The fourth-order valence-corrected chi connectivity index (χ4v) is 2.45. The van der Waals surface area contributed by atoms with E-state index in [9.17, 15) is 9.59 Å². The number of carbonyl (C=O) groups excluding carboxylic acids is 2. The van der Waals surface area contributed by atoms with E-state index >= 15 is 0 Å². The fraction of sp³-hybridized carbons (Fsp3) is 0.143. The second-order valence-corrected chi connectivity index (χ2v) is 4.61. The molecular weight excluding hydrogens is 242 g/mol. The first-order valence-electron chi connectivity index (χ1n) is 5.98. The van der Waals surface area contributed by atoms with Gasteiger partial charge in [-0.05, 0) is 17.5 Å². The normalized spacial score (nSPS) is 15.0. The molecule has 19 heavy (non-hydrogen) atoms. The van der Waals surface area contributed by atoms with Crippen LogP contribution in [-0.2, 0) is 4.79 Å². The maximum Gasteiger partial charge on any atom is 0.259 e. The van der Waals surface area contributed by atoms with Crippen molar-refractivity contribution in [1.82, 2.24) is 0 Å². The number of benzene rings is 2.